The molecule has 0 atom stereocenters. The molecule has 8 nitrogen and oxygen atoms in total. The first-order valence-corrected chi connectivity index (χ1v) is 11.5. The van der Waals surface area contributed by atoms with Gasteiger partial charge in [-0.3, -0.25) is 0 Å². The third-order valence-electron chi connectivity index (χ3n) is 5.38. The van der Waals surface area contributed by atoms with E-state index in [1.54, 1.807) is 31.4 Å². The number of carbonyl (C=O) groups excluding carboxylic acids is 1. The number of esters is 1. The van der Waals surface area contributed by atoms with Crippen LogP contribution in [-0.4, -0.2) is 41.7 Å². The second-order valence-corrected chi connectivity index (χ2v) is 8.64. The van der Waals surface area contributed by atoms with Crippen molar-refractivity contribution < 1.29 is 23.4 Å². The average molecular weight is 488 g/mol. The van der Waals surface area contributed by atoms with Crippen molar-refractivity contribution in [1.82, 2.24) is 14.5 Å². The fourth-order valence-electron chi connectivity index (χ4n) is 3.74. The van der Waals surface area contributed by atoms with E-state index in [9.17, 15) is 4.79 Å². The number of methoxy groups -OCH3 is 2. The monoisotopic (exact) mass is 487 g/mol. The van der Waals surface area contributed by atoms with Crippen LogP contribution in [0.1, 0.15) is 21.8 Å². The van der Waals surface area contributed by atoms with E-state index in [1.807, 2.05) is 59.9 Å². The second-order valence-electron chi connectivity index (χ2n) is 7.47. The lowest BCUT2D eigenvalue weighted by atomic mass is 10.1. The molecule has 0 N–H and O–H groups in total. The van der Waals surface area contributed by atoms with Gasteiger partial charge < -0.3 is 22.9 Å². The number of para-hydroxylation sites is 2. The molecule has 0 saturated heterocycles. The summed E-state index contributed by atoms with van der Waals surface area (Å²) in [4.78, 5) is 14.2. The minimum Gasteiger partial charge on any atom is -0.496 e. The van der Waals surface area contributed by atoms with Gasteiger partial charge in [0.05, 0.1) is 19.8 Å². The lowest BCUT2D eigenvalue weighted by molar-refractivity contribution is 0.0687. The van der Waals surface area contributed by atoms with E-state index in [1.165, 1.54) is 19.1 Å². The molecule has 3 aromatic carbocycles. The zero-order valence-electron chi connectivity index (χ0n) is 19.2. The van der Waals surface area contributed by atoms with Gasteiger partial charge in [-0.1, -0.05) is 36.4 Å². The van der Waals surface area contributed by atoms with Crippen LogP contribution in [-0.2, 0) is 4.74 Å². The Morgan fingerprint density at radius 2 is 1.46 bits per heavy atom. The number of ether oxygens (including phenoxy) is 3. The van der Waals surface area contributed by atoms with Crippen molar-refractivity contribution in [2.45, 2.75) is 4.90 Å². The summed E-state index contributed by atoms with van der Waals surface area (Å²) in [5, 5.41) is 8.51. The van der Waals surface area contributed by atoms with Crippen molar-refractivity contribution in [1.29, 1.82) is 0 Å². The van der Waals surface area contributed by atoms with E-state index in [-0.39, 0.29) is 11.8 Å². The Balaban J connectivity index is 1.62. The fraction of sp³-hybridized carbons (Fsp3) is 0.115. The van der Waals surface area contributed by atoms with Crippen LogP contribution < -0.4 is 9.47 Å². The molecule has 0 spiro atoms. The first-order chi connectivity index (χ1) is 17.1. The summed E-state index contributed by atoms with van der Waals surface area (Å²) in [6.45, 7) is 0. The zero-order chi connectivity index (χ0) is 24.4. The molecule has 176 valence electrons. The predicted molar refractivity (Wildman–Crippen MR) is 132 cm³/mol. The van der Waals surface area contributed by atoms with Gasteiger partial charge in [0, 0.05) is 17.5 Å². The van der Waals surface area contributed by atoms with Gasteiger partial charge in [-0.05, 0) is 48.3 Å². The minimum atomic E-state index is -0.561. The Morgan fingerprint density at radius 3 is 2.23 bits per heavy atom. The molecule has 2 heterocycles. The number of nitrogens with zero attached hydrogens (tertiary/aromatic N) is 3. The smallest absolute Gasteiger partial charge is 0.347 e. The zero-order valence-corrected chi connectivity index (χ0v) is 20.0. The topological polar surface area (TPSA) is 86.9 Å². The Bertz CT molecular complexity index is 1430. The van der Waals surface area contributed by atoms with Gasteiger partial charge in [-0.15, -0.1) is 10.2 Å². The van der Waals surface area contributed by atoms with Crippen LogP contribution in [0.4, 0.5) is 0 Å². The number of carbonyl (C=O) groups is 1. The van der Waals surface area contributed by atoms with Crippen LogP contribution in [0.3, 0.4) is 0 Å². The van der Waals surface area contributed by atoms with Gasteiger partial charge in [0.15, 0.2) is 11.5 Å². The number of hydrogen-bond donors (Lipinski definition) is 0. The van der Waals surface area contributed by atoms with Crippen molar-refractivity contribution in [3.8, 4) is 23.0 Å². The summed E-state index contributed by atoms with van der Waals surface area (Å²) in [5.74, 6) is 1.28. The lowest BCUT2D eigenvalue weighted by Crippen LogP contribution is -2.18. The van der Waals surface area contributed by atoms with E-state index >= 15 is 0 Å². The highest BCUT2D eigenvalue weighted by atomic mass is 32.2. The average Bonchev–Trinajstić information content (AvgIpc) is 3.38. The molecule has 0 aliphatic carbocycles. The molecule has 0 bridgehead atoms. The maximum absolute atomic E-state index is 13.3. The Morgan fingerprint density at radius 1 is 0.829 bits per heavy atom. The molecule has 35 heavy (non-hydrogen) atoms. The van der Waals surface area contributed by atoms with Gasteiger partial charge in [0.1, 0.15) is 17.1 Å². The summed E-state index contributed by atoms with van der Waals surface area (Å²) < 4.78 is 24.7. The van der Waals surface area contributed by atoms with Crippen LogP contribution >= 0.6 is 11.9 Å². The molecule has 0 amide bonds. The molecular formula is C26H21N3O5S. The molecule has 0 radical (unpaired) electrons. The normalized spacial score (nSPS) is 12.8. The third-order valence-corrected chi connectivity index (χ3v) is 6.39. The summed E-state index contributed by atoms with van der Waals surface area (Å²) in [6.07, 6.45) is 0. The summed E-state index contributed by atoms with van der Waals surface area (Å²) in [5.41, 5.74) is 2.19. The maximum Gasteiger partial charge on any atom is 0.347 e. The second kappa shape index (κ2) is 9.55. The number of hydrogen-bond acceptors (Lipinski definition) is 9. The van der Waals surface area contributed by atoms with Crippen LogP contribution in [0.15, 0.2) is 82.1 Å². The van der Waals surface area contributed by atoms with Gasteiger partial charge in [0.2, 0.25) is 0 Å². The number of benzene rings is 3. The first-order valence-electron chi connectivity index (χ1n) is 10.7. The van der Waals surface area contributed by atoms with Crippen LogP contribution in [0.25, 0.3) is 22.9 Å². The SMILES string of the molecule is COc1ccccc1C(=O)OC1=C(c2nnc(-c3ccccc3OC)o2)N(C)Sc2ccccc21. The largest absolute Gasteiger partial charge is 0.496 e. The molecular weight excluding hydrogens is 466 g/mol. The number of fused-ring (bicyclic) bond motifs is 1. The Labute approximate surface area is 206 Å². The summed E-state index contributed by atoms with van der Waals surface area (Å²) in [6, 6.07) is 21.9. The lowest BCUT2D eigenvalue weighted by Gasteiger charge is -2.28. The molecule has 4 aromatic rings. The number of rotatable bonds is 6. The quantitative estimate of drug-likeness (QED) is 0.262. The Kier molecular flexibility index (Phi) is 6.15. The Hall–Kier alpha value is -4.24. The van der Waals surface area contributed by atoms with Gasteiger partial charge in [-0.25, -0.2) is 4.79 Å². The molecule has 9 heteroatoms. The van der Waals surface area contributed by atoms with Crippen molar-refractivity contribution in [2.75, 3.05) is 21.3 Å². The van der Waals surface area contributed by atoms with Crippen molar-refractivity contribution >= 4 is 29.4 Å². The predicted octanol–water partition coefficient (Wildman–Crippen LogP) is 5.39. The summed E-state index contributed by atoms with van der Waals surface area (Å²) >= 11 is 1.47. The highest BCUT2D eigenvalue weighted by Crippen LogP contribution is 2.45. The van der Waals surface area contributed by atoms with Gasteiger partial charge in [-0.2, -0.15) is 0 Å². The molecule has 1 aliphatic heterocycles. The molecule has 0 fully saturated rings. The van der Waals surface area contributed by atoms with Crippen LogP contribution in [0, 0.1) is 0 Å². The highest BCUT2D eigenvalue weighted by molar-refractivity contribution is 7.97. The van der Waals surface area contributed by atoms with Crippen LogP contribution in [0.5, 0.6) is 11.5 Å². The van der Waals surface area contributed by atoms with Crippen molar-refractivity contribution in [2.24, 2.45) is 0 Å². The van der Waals surface area contributed by atoms with E-state index in [0.717, 1.165) is 10.5 Å². The van der Waals surface area contributed by atoms with Gasteiger partial charge >= 0.3 is 5.97 Å². The van der Waals surface area contributed by atoms with E-state index in [4.69, 9.17) is 18.6 Å². The van der Waals surface area contributed by atoms with Crippen molar-refractivity contribution in [3.05, 3.63) is 89.8 Å². The molecule has 0 unspecified atom stereocenters. The first kappa shape index (κ1) is 22.5. The molecule has 0 saturated carbocycles. The van der Waals surface area contributed by atoms with Gasteiger partial charge in [0.25, 0.3) is 11.8 Å². The van der Waals surface area contributed by atoms with E-state index < -0.39 is 5.97 Å². The maximum atomic E-state index is 13.3. The highest BCUT2D eigenvalue weighted by Gasteiger charge is 2.32. The fourth-order valence-corrected chi connectivity index (χ4v) is 4.69. The molecule has 1 aliphatic rings. The summed E-state index contributed by atoms with van der Waals surface area (Å²) in [7, 11) is 4.94. The van der Waals surface area contributed by atoms with Crippen LogP contribution in [0.2, 0.25) is 0 Å². The van der Waals surface area contributed by atoms with E-state index in [0.29, 0.717) is 34.1 Å². The molecule has 5 rings (SSSR count). The standard InChI is InChI=1S/C26H21N3O5S/c1-29-22(25-28-27-24(34-25)16-10-4-7-13-19(16)31-2)23(18-12-6-9-15-21(18)35-29)33-26(30)17-11-5-8-14-20(17)32-3/h4-15H,1-3H3. The number of aromatic nitrogens is 2. The van der Waals surface area contributed by atoms with E-state index in [2.05, 4.69) is 10.2 Å². The third kappa shape index (κ3) is 4.22. The van der Waals surface area contributed by atoms with Crippen molar-refractivity contribution in [3.63, 3.8) is 0 Å². The minimum absolute atomic E-state index is 0.207. The molecule has 1 aromatic heterocycles.